The van der Waals surface area contributed by atoms with Crippen LogP contribution in [0.25, 0.3) is 0 Å². The lowest BCUT2D eigenvalue weighted by molar-refractivity contribution is -0.132. The van der Waals surface area contributed by atoms with E-state index in [-0.39, 0.29) is 12.5 Å². The van der Waals surface area contributed by atoms with Gasteiger partial charge in [-0.15, -0.1) is 11.3 Å². The van der Waals surface area contributed by atoms with Crippen molar-refractivity contribution in [1.82, 2.24) is 9.88 Å². The van der Waals surface area contributed by atoms with Gasteiger partial charge in [0.1, 0.15) is 5.75 Å². The fraction of sp³-hybridized carbons (Fsp3) is 0.333. The number of thiazole rings is 1. The lowest BCUT2D eigenvalue weighted by Gasteiger charge is -2.16. The van der Waals surface area contributed by atoms with Crippen LogP contribution in [0.15, 0.2) is 29.6 Å². The van der Waals surface area contributed by atoms with Gasteiger partial charge in [0.2, 0.25) is 0 Å². The van der Waals surface area contributed by atoms with Crippen molar-refractivity contribution in [1.29, 1.82) is 0 Å². The molecule has 0 spiro atoms. The van der Waals surface area contributed by atoms with Gasteiger partial charge >= 0.3 is 0 Å². The molecule has 20 heavy (non-hydrogen) atoms. The molecule has 1 amide bonds. The van der Waals surface area contributed by atoms with Crippen LogP contribution < -0.4 is 4.74 Å². The molecule has 106 valence electrons. The monoisotopic (exact) mass is 290 g/mol. The minimum Gasteiger partial charge on any atom is -0.484 e. The van der Waals surface area contributed by atoms with E-state index >= 15 is 0 Å². The van der Waals surface area contributed by atoms with Crippen molar-refractivity contribution in [2.75, 3.05) is 13.7 Å². The van der Waals surface area contributed by atoms with Gasteiger partial charge in [0.25, 0.3) is 5.91 Å². The molecule has 5 heteroatoms. The summed E-state index contributed by atoms with van der Waals surface area (Å²) in [6, 6.07) is 7.67. The predicted octanol–water partition coefficient (Wildman–Crippen LogP) is 2.80. The van der Waals surface area contributed by atoms with Crippen LogP contribution >= 0.6 is 11.3 Å². The van der Waals surface area contributed by atoms with Gasteiger partial charge in [0.15, 0.2) is 6.61 Å². The highest BCUT2D eigenvalue weighted by atomic mass is 32.1. The van der Waals surface area contributed by atoms with E-state index in [2.05, 4.69) is 4.98 Å². The van der Waals surface area contributed by atoms with Crippen LogP contribution in [0.4, 0.5) is 0 Å². The first kappa shape index (κ1) is 14.5. The van der Waals surface area contributed by atoms with Gasteiger partial charge in [0.05, 0.1) is 17.2 Å². The molecule has 0 saturated carbocycles. The van der Waals surface area contributed by atoms with Crippen molar-refractivity contribution in [3.8, 4) is 5.75 Å². The minimum absolute atomic E-state index is 0.0461. The Morgan fingerprint density at radius 1 is 1.35 bits per heavy atom. The first-order valence-electron chi connectivity index (χ1n) is 6.39. The first-order chi connectivity index (χ1) is 9.56. The zero-order valence-electron chi connectivity index (χ0n) is 11.9. The van der Waals surface area contributed by atoms with Crippen LogP contribution in [0.3, 0.4) is 0 Å². The van der Waals surface area contributed by atoms with Gasteiger partial charge in [-0.1, -0.05) is 18.2 Å². The number of carbonyl (C=O) groups excluding carboxylic acids is 1. The third-order valence-electron chi connectivity index (χ3n) is 2.94. The Hall–Kier alpha value is -1.88. The molecule has 0 saturated heterocycles. The number of ether oxygens (including phenoxy) is 1. The Morgan fingerprint density at radius 3 is 2.75 bits per heavy atom. The molecule has 0 unspecified atom stereocenters. The molecule has 0 aliphatic heterocycles. The summed E-state index contributed by atoms with van der Waals surface area (Å²) in [7, 11) is 1.76. The van der Waals surface area contributed by atoms with Crippen molar-refractivity contribution < 1.29 is 9.53 Å². The number of rotatable bonds is 5. The molecular formula is C15H18N2O2S. The highest BCUT2D eigenvalue weighted by Crippen LogP contribution is 2.16. The summed E-state index contributed by atoms with van der Waals surface area (Å²) >= 11 is 1.59. The molecule has 0 N–H and O–H groups in total. The SMILES string of the molecule is Cc1nc(CN(C)C(=O)COc2ccccc2C)cs1. The molecule has 0 bridgehead atoms. The van der Waals surface area contributed by atoms with E-state index in [1.165, 1.54) is 0 Å². The number of nitrogens with zero attached hydrogens (tertiary/aromatic N) is 2. The molecule has 0 fully saturated rings. The number of amides is 1. The molecule has 2 rings (SSSR count). The quantitative estimate of drug-likeness (QED) is 0.850. The van der Waals surface area contributed by atoms with Gasteiger partial charge in [-0.25, -0.2) is 4.98 Å². The highest BCUT2D eigenvalue weighted by molar-refractivity contribution is 7.09. The van der Waals surface area contributed by atoms with Crippen molar-refractivity contribution in [3.63, 3.8) is 0 Å². The van der Waals surface area contributed by atoms with Crippen LogP contribution in [0.1, 0.15) is 16.3 Å². The summed E-state index contributed by atoms with van der Waals surface area (Å²) in [4.78, 5) is 18.0. The van der Waals surface area contributed by atoms with Crippen LogP contribution in [0.2, 0.25) is 0 Å². The molecule has 0 aliphatic rings. The summed E-state index contributed by atoms with van der Waals surface area (Å²) in [6.45, 7) is 4.48. The summed E-state index contributed by atoms with van der Waals surface area (Å²) in [6.07, 6.45) is 0. The molecule has 2 aromatic rings. The average Bonchev–Trinajstić information content (AvgIpc) is 2.82. The summed E-state index contributed by atoms with van der Waals surface area (Å²) < 4.78 is 5.55. The number of aryl methyl sites for hydroxylation is 2. The van der Waals surface area contributed by atoms with Gasteiger partial charge in [-0.2, -0.15) is 0 Å². The Morgan fingerprint density at radius 2 is 2.10 bits per heavy atom. The second kappa shape index (κ2) is 6.52. The zero-order chi connectivity index (χ0) is 14.5. The maximum Gasteiger partial charge on any atom is 0.260 e. The standard InChI is InChI=1S/C15H18N2O2S/c1-11-6-4-5-7-14(11)19-9-15(18)17(3)8-13-10-20-12(2)16-13/h4-7,10H,8-9H2,1-3H3. The normalized spacial score (nSPS) is 10.3. The Labute approximate surface area is 123 Å². The van der Waals surface area contributed by atoms with Crippen molar-refractivity contribution in [3.05, 3.63) is 45.9 Å². The second-order valence-electron chi connectivity index (χ2n) is 4.66. The first-order valence-corrected chi connectivity index (χ1v) is 7.27. The van der Waals surface area contributed by atoms with Crippen molar-refractivity contribution >= 4 is 17.2 Å². The number of carbonyl (C=O) groups is 1. The summed E-state index contributed by atoms with van der Waals surface area (Å²) in [5.74, 6) is 0.692. The van der Waals surface area contributed by atoms with Gasteiger partial charge in [0, 0.05) is 12.4 Å². The van der Waals surface area contributed by atoms with E-state index in [0.717, 1.165) is 22.0 Å². The Bertz CT molecular complexity index is 595. The smallest absolute Gasteiger partial charge is 0.260 e. The topological polar surface area (TPSA) is 42.4 Å². The number of likely N-dealkylation sites (N-methyl/N-ethyl adjacent to an activating group) is 1. The molecular weight excluding hydrogens is 272 g/mol. The lowest BCUT2D eigenvalue weighted by Crippen LogP contribution is -2.31. The summed E-state index contributed by atoms with van der Waals surface area (Å²) in [5, 5.41) is 2.98. The van der Waals surface area contributed by atoms with Crippen LogP contribution in [0.5, 0.6) is 5.75 Å². The average molecular weight is 290 g/mol. The van der Waals surface area contributed by atoms with E-state index < -0.39 is 0 Å². The predicted molar refractivity (Wildman–Crippen MR) is 80.0 cm³/mol. The number of para-hydroxylation sites is 1. The zero-order valence-corrected chi connectivity index (χ0v) is 12.7. The van der Waals surface area contributed by atoms with Crippen LogP contribution in [-0.2, 0) is 11.3 Å². The second-order valence-corrected chi connectivity index (χ2v) is 5.72. The van der Waals surface area contributed by atoms with Gasteiger partial charge < -0.3 is 9.64 Å². The third-order valence-corrected chi connectivity index (χ3v) is 3.76. The maximum atomic E-state index is 12.0. The highest BCUT2D eigenvalue weighted by Gasteiger charge is 2.12. The van der Waals surface area contributed by atoms with E-state index in [9.17, 15) is 4.79 Å². The number of hydrogen-bond acceptors (Lipinski definition) is 4. The van der Waals surface area contributed by atoms with Crippen molar-refractivity contribution in [2.45, 2.75) is 20.4 Å². The van der Waals surface area contributed by atoms with E-state index in [0.29, 0.717) is 6.54 Å². The number of benzene rings is 1. The van der Waals surface area contributed by atoms with Crippen molar-refractivity contribution in [2.24, 2.45) is 0 Å². The summed E-state index contributed by atoms with van der Waals surface area (Å²) in [5.41, 5.74) is 1.94. The fourth-order valence-electron chi connectivity index (χ4n) is 1.78. The fourth-order valence-corrected chi connectivity index (χ4v) is 2.38. The molecule has 4 nitrogen and oxygen atoms in total. The van der Waals surface area contributed by atoms with E-state index in [1.807, 2.05) is 43.5 Å². The molecule has 0 atom stereocenters. The molecule has 1 aromatic heterocycles. The largest absolute Gasteiger partial charge is 0.484 e. The van der Waals surface area contributed by atoms with Gasteiger partial charge in [-0.3, -0.25) is 4.79 Å². The third kappa shape index (κ3) is 3.81. The lowest BCUT2D eigenvalue weighted by atomic mass is 10.2. The Kier molecular flexibility index (Phi) is 4.74. The van der Waals surface area contributed by atoms with Crippen LogP contribution in [0, 0.1) is 13.8 Å². The molecule has 1 heterocycles. The Balaban J connectivity index is 1.87. The molecule has 1 aromatic carbocycles. The van der Waals surface area contributed by atoms with Gasteiger partial charge in [-0.05, 0) is 25.5 Å². The number of hydrogen-bond donors (Lipinski definition) is 0. The molecule has 0 radical (unpaired) electrons. The molecule has 0 aliphatic carbocycles. The van der Waals surface area contributed by atoms with E-state index in [1.54, 1.807) is 23.3 Å². The maximum absolute atomic E-state index is 12.0. The van der Waals surface area contributed by atoms with Crippen LogP contribution in [-0.4, -0.2) is 29.4 Å². The van der Waals surface area contributed by atoms with E-state index in [4.69, 9.17) is 4.74 Å². The number of aromatic nitrogens is 1. The minimum atomic E-state index is -0.0566.